The molecule has 0 amide bonds. The Hall–Kier alpha value is -2.00. The number of hydrogen-bond donors (Lipinski definition) is 1. The molecule has 0 fully saturated rings. The van der Waals surface area contributed by atoms with Crippen molar-refractivity contribution in [2.24, 2.45) is 0 Å². The Kier molecular flexibility index (Phi) is 2.94. The molecule has 2 heterocycles. The highest BCUT2D eigenvalue weighted by Crippen LogP contribution is 2.23. The third-order valence-corrected chi connectivity index (χ3v) is 5.05. The van der Waals surface area contributed by atoms with Gasteiger partial charge in [-0.1, -0.05) is 0 Å². The molecule has 106 valence electrons. The minimum absolute atomic E-state index is 0.0812. The number of sulfonamides is 1. The third-order valence-electron chi connectivity index (χ3n) is 3.21. The van der Waals surface area contributed by atoms with E-state index in [0.29, 0.717) is 18.9 Å². The Morgan fingerprint density at radius 1 is 1.30 bits per heavy atom. The van der Waals surface area contributed by atoms with Crippen LogP contribution < -0.4 is 5.73 Å². The predicted molar refractivity (Wildman–Crippen MR) is 68.4 cm³/mol. The van der Waals surface area contributed by atoms with Gasteiger partial charge in [-0.2, -0.15) is 4.31 Å². The highest BCUT2D eigenvalue weighted by Gasteiger charge is 2.29. The molecular formula is C11H12FN5O2S. The SMILES string of the molecule is Nc1ccc(S(=O)(=O)N2CCn3cnnc3C2)cc1F. The summed E-state index contributed by atoms with van der Waals surface area (Å²) in [6, 6.07) is 3.48. The highest BCUT2D eigenvalue weighted by molar-refractivity contribution is 7.89. The van der Waals surface area contributed by atoms with Gasteiger partial charge in [-0.3, -0.25) is 0 Å². The van der Waals surface area contributed by atoms with Crippen LogP contribution in [0.25, 0.3) is 0 Å². The second kappa shape index (κ2) is 4.53. The number of anilines is 1. The van der Waals surface area contributed by atoms with Gasteiger partial charge >= 0.3 is 0 Å². The lowest BCUT2D eigenvalue weighted by Crippen LogP contribution is -2.38. The highest BCUT2D eigenvalue weighted by atomic mass is 32.2. The van der Waals surface area contributed by atoms with E-state index in [1.54, 1.807) is 10.9 Å². The molecule has 0 spiro atoms. The van der Waals surface area contributed by atoms with Crippen molar-refractivity contribution >= 4 is 15.7 Å². The van der Waals surface area contributed by atoms with E-state index in [9.17, 15) is 12.8 Å². The molecule has 0 aliphatic carbocycles. The van der Waals surface area contributed by atoms with E-state index in [1.807, 2.05) is 0 Å². The normalized spacial score (nSPS) is 16.1. The number of halogens is 1. The van der Waals surface area contributed by atoms with Crippen molar-refractivity contribution in [3.63, 3.8) is 0 Å². The van der Waals surface area contributed by atoms with Crippen LogP contribution in [0.3, 0.4) is 0 Å². The fraction of sp³-hybridized carbons (Fsp3) is 0.273. The van der Waals surface area contributed by atoms with Gasteiger partial charge in [-0.05, 0) is 18.2 Å². The Balaban J connectivity index is 1.95. The van der Waals surface area contributed by atoms with E-state index >= 15 is 0 Å². The molecule has 1 aliphatic heterocycles. The molecule has 1 aliphatic rings. The number of nitrogen functional groups attached to an aromatic ring is 1. The Morgan fingerprint density at radius 3 is 2.85 bits per heavy atom. The quantitative estimate of drug-likeness (QED) is 0.799. The number of benzene rings is 1. The molecule has 0 saturated carbocycles. The van der Waals surface area contributed by atoms with Gasteiger partial charge in [0.05, 0.1) is 17.1 Å². The number of fused-ring (bicyclic) bond motifs is 1. The minimum atomic E-state index is -3.77. The molecule has 0 unspecified atom stereocenters. The fourth-order valence-corrected chi connectivity index (χ4v) is 3.46. The molecule has 7 nitrogen and oxygen atoms in total. The lowest BCUT2D eigenvalue weighted by atomic mass is 10.3. The zero-order valence-electron chi connectivity index (χ0n) is 10.4. The summed E-state index contributed by atoms with van der Waals surface area (Å²) in [4.78, 5) is -0.114. The molecule has 0 bridgehead atoms. The molecule has 1 aromatic carbocycles. The van der Waals surface area contributed by atoms with E-state index in [1.165, 1.54) is 16.4 Å². The van der Waals surface area contributed by atoms with Crippen LogP contribution >= 0.6 is 0 Å². The molecule has 2 N–H and O–H groups in total. The topological polar surface area (TPSA) is 94.1 Å². The maximum atomic E-state index is 13.4. The first-order valence-corrected chi connectivity index (χ1v) is 7.34. The summed E-state index contributed by atoms with van der Waals surface area (Å²) in [6.07, 6.45) is 1.56. The lowest BCUT2D eigenvalue weighted by Gasteiger charge is -2.26. The standard InChI is InChI=1S/C11H12FN5O2S/c12-9-5-8(1-2-10(9)13)20(18,19)17-4-3-16-7-14-15-11(16)6-17/h1-2,5,7H,3-4,6,13H2. The number of hydrogen-bond acceptors (Lipinski definition) is 5. The van der Waals surface area contributed by atoms with Crippen molar-refractivity contribution < 1.29 is 12.8 Å². The molecule has 2 aromatic rings. The smallest absolute Gasteiger partial charge is 0.243 e. The van der Waals surface area contributed by atoms with Gasteiger partial charge in [0.25, 0.3) is 0 Å². The molecule has 3 rings (SSSR count). The first-order valence-electron chi connectivity index (χ1n) is 5.90. The van der Waals surface area contributed by atoms with Crippen LogP contribution in [0.2, 0.25) is 0 Å². The summed E-state index contributed by atoms with van der Waals surface area (Å²) < 4.78 is 41.4. The Bertz CT molecular complexity index is 758. The average molecular weight is 297 g/mol. The zero-order valence-corrected chi connectivity index (χ0v) is 11.2. The van der Waals surface area contributed by atoms with Crippen molar-refractivity contribution in [2.45, 2.75) is 18.0 Å². The van der Waals surface area contributed by atoms with Crippen LogP contribution in [0.15, 0.2) is 29.4 Å². The van der Waals surface area contributed by atoms with Crippen LogP contribution in [0, 0.1) is 5.82 Å². The number of nitrogens with two attached hydrogens (primary N) is 1. The third kappa shape index (κ3) is 2.04. The molecule has 0 saturated heterocycles. The summed E-state index contributed by atoms with van der Waals surface area (Å²) in [5.74, 6) is -0.179. The maximum absolute atomic E-state index is 13.4. The van der Waals surface area contributed by atoms with Crippen molar-refractivity contribution in [3.8, 4) is 0 Å². The van der Waals surface area contributed by atoms with Gasteiger partial charge < -0.3 is 10.3 Å². The lowest BCUT2D eigenvalue weighted by molar-refractivity contribution is 0.335. The monoisotopic (exact) mass is 297 g/mol. The number of rotatable bonds is 2. The van der Waals surface area contributed by atoms with Gasteiger partial charge in [-0.15, -0.1) is 10.2 Å². The number of aromatic nitrogens is 3. The van der Waals surface area contributed by atoms with Gasteiger partial charge in [0.1, 0.15) is 18.0 Å². The zero-order chi connectivity index (χ0) is 14.3. The maximum Gasteiger partial charge on any atom is 0.243 e. The van der Waals surface area contributed by atoms with Gasteiger partial charge in [0.2, 0.25) is 10.0 Å². The first-order chi connectivity index (χ1) is 9.48. The summed E-state index contributed by atoms with van der Waals surface area (Å²) in [6.45, 7) is 0.882. The predicted octanol–water partition coefficient (Wildman–Crippen LogP) is 0.204. The van der Waals surface area contributed by atoms with Crippen molar-refractivity contribution in [3.05, 3.63) is 36.2 Å². The van der Waals surface area contributed by atoms with Gasteiger partial charge in [-0.25, -0.2) is 12.8 Å². The summed E-state index contributed by atoms with van der Waals surface area (Å²) >= 11 is 0. The average Bonchev–Trinajstić information content (AvgIpc) is 2.89. The molecule has 20 heavy (non-hydrogen) atoms. The Labute approximate surface area is 114 Å². The molecule has 0 radical (unpaired) electrons. The van der Waals surface area contributed by atoms with Crippen LogP contribution in [0.5, 0.6) is 0 Å². The number of nitrogens with zero attached hydrogens (tertiary/aromatic N) is 4. The molecule has 0 atom stereocenters. The fourth-order valence-electron chi connectivity index (χ4n) is 2.07. The Morgan fingerprint density at radius 2 is 2.10 bits per heavy atom. The van der Waals surface area contributed by atoms with Crippen molar-refractivity contribution in [1.82, 2.24) is 19.1 Å². The van der Waals surface area contributed by atoms with Crippen molar-refractivity contribution in [1.29, 1.82) is 0 Å². The van der Waals surface area contributed by atoms with E-state index in [4.69, 9.17) is 5.73 Å². The van der Waals surface area contributed by atoms with E-state index in [2.05, 4.69) is 10.2 Å². The summed E-state index contributed by atoms with van der Waals surface area (Å²) in [7, 11) is -3.77. The van der Waals surface area contributed by atoms with Crippen molar-refractivity contribution in [2.75, 3.05) is 12.3 Å². The second-order valence-corrected chi connectivity index (χ2v) is 6.40. The summed E-state index contributed by atoms with van der Waals surface area (Å²) in [5.41, 5.74) is 5.27. The van der Waals surface area contributed by atoms with E-state index < -0.39 is 15.8 Å². The largest absolute Gasteiger partial charge is 0.396 e. The van der Waals surface area contributed by atoms with E-state index in [-0.39, 0.29) is 17.1 Å². The second-order valence-electron chi connectivity index (χ2n) is 4.46. The van der Waals surface area contributed by atoms with Crippen LogP contribution in [0.4, 0.5) is 10.1 Å². The summed E-state index contributed by atoms with van der Waals surface area (Å²) in [5, 5.41) is 7.59. The van der Waals surface area contributed by atoms with Gasteiger partial charge in [0, 0.05) is 13.1 Å². The molecule has 9 heteroatoms. The van der Waals surface area contributed by atoms with Gasteiger partial charge in [0.15, 0.2) is 0 Å². The van der Waals surface area contributed by atoms with Crippen LogP contribution in [0.1, 0.15) is 5.82 Å². The van der Waals surface area contributed by atoms with Crippen LogP contribution in [-0.4, -0.2) is 34.0 Å². The van der Waals surface area contributed by atoms with Crippen LogP contribution in [-0.2, 0) is 23.1 Å². The molecular weight excluding hydrogens is 285 g/mol. The molecule has 1 aromatic heterocycles. The minimum Gasteiger partial charge on any atom is -0.396 e. The first kappa shape index (κ1) is 13.0. The van der Waals surface area contributed by atoms with E-state index in [0.717, 1.165) is 6.07 Å².